The minimum Gasteiger partial charge on any atom is -0.465 e. The van der Waals surface area contributed by atoms with Gasteiger partial charge in [0, 0.05) is 5.69 Å². The molecule has 2 aromatic heterocycles. The van der Waals surface area contributed by atoms with E-state index in [9.17, 15) is 14.4 Å². The number of hydrogen-bond donors (Lipinski definition) is 1. The van der Waals surface area contributed by atoms with Crippen molar-refractivity contribution >= 4 is 39.1 Å². The Labute approximate surface area is 172 Å². The Morgan fingerprint density at radius 1 is 1.31 bits per heavy atom. The smallest absolute Gasteiger partial charge is 0.348 e. The maximum Gasteiger partial charge on any atom is 0.348 e. The van der Waals surface area contributed by atoms with Gasteiger partial charge in [-0.3, -0.25) is 14.2 Å². The number of esters is 1. The zero-order valence-corrected chi connectivity index (χ0v) is 17.8. The van der Waals surface area contributed by atoms with Gasteiger partial charge in [-0.25, -0.2) is 9.78 Å². The summed E-state index contributed by atoms with van der Waals surface area (Å²) < 4.78 is 6.07. The zero-order valence-electron chi connectivity index (χ0n) is 17.0. The standard InChI is InChI=1S/C21H23N3O4S/c1-6-14-9-7-8-11(2)16(14)23-18(25)13(4)24-10-22-19-15(20(24)26)12(3)17(29-19)21(27)28-5/h7-10,13H,6H2,1-5H3,(H,23,25)/t13-/m1/s1. The van der Waals surface area contributed by atoms with Gasteiger partial charge in [-0.2, -0.15) is 0 Å². The number of methoxy groups -OCH3 is 1. The molecule has 0 aliphatic rings. The highest BCUT2D eigenvalue weighted by Gasteiger charge is 2.23. The number of fused-ring (bicyclic) bond motifs is 1. The van der Waals surface area contributed by atoms with E-state index in [1.807, 2.05) is 32.0 Å². The molecule has 1 N–H and O–H groups in total. The van der Waals surface area contributed by atoms with E-state index in [-0.39, 0.29) is 11.5 Å². The quantitative estimate of drug-likeness (QED) is 0.645. The van der Waals surface area contributed by atoms with Crippen LogP contribution in [0.4, 0.5) is 5.69 Å². The van der Waals surface area contributed by atoms with Crippen LogP contribution in [0.5, 0.6) is 0 Å². The summed E-state index contributed by atoms with van der Waals surface area (Å²) in [7, 11) is 1.29. The number of aromatic nitrogens is 2. The third kappa shape index (κ3) is 3.67. The van der Waals surface area contributed by atoms with E-state index in [1.165, 1.54) is 18.0 Å². The number of anilines is 1. The van der Waals surface area contributed by atoms with Gasteiger partial charge in [-0.15, -0.1) is 11.3 Å². The number of ether oxygens (including phenoxy) is 1. The number of rotatable bonds is 5. The Balaban J connectivity index is 1.99. The van der Waals surface area contributed by atoms with Gasteiger partial charge in [0.15, 0.2) is 0 Å². The minimum atomic E-state index is -0.774. The molecular formula is C21H23N3O4S. The fourth-order valence-corrected chi connectivity index (χ4v) is 4.31. The number of carbonyl (C=O) groups is 2. The monoisotopic (exact) mass is 413 g/mol. The van der Waals surface area contributed by atoms with Crippen molar-refractivity contribution in [1.82, 2.24) is 9.55 Å². The van der Waals surface area contributed by atoms with Crippen molar-refractivity contribution in [2.24, 2.45) is 0 Å². The Hall–Kier alpha value is -3.00. The predicted molar refractivity (Wildman–Crippen MR) is 114 cm³/mol. The number of para-hydroxylation sites is 1. The maximum atomic E-state index is 13.1. The van der Waals surface area contributed by atoms with Crippen molar-refractivity contribution in [3.63, 3.8) is 0 Å². The van der Waals surface area contributed by atoms with E-state index in [0.717, 1.165) is 34.6 Å². The Kier molecular flexibility index (Phi) is 5.83. The molecular weight excluding hydrogens is 390 g/mol. The van der Waals surface area contributed by atoms with Gasteiger partial charge in [-0.1, -0.05) is 25.1 Å². The van der Waals surface area contributed by atoms with Crippen LogP contribution in [0.15, 0.2) is 29.3 Å². The van der Waals surface area contributed by atoms with Gasteiger partial charge in [0.1, 0.15) is 15.7 Å². The summed E-state index contributed by atoms with van der Waals surface area (Å²) in [5, 5.41) is 3.29. The molecule has 7 nitrogen and oxygen atoms in total. The molecule has 0 radical (unpaired) electrons. The third-order valence-corrected chi connectivity index (χ3v) is 6.21. The van der Waals surface area contributed by atoms with E-state index in [1.54, 1.807) is 13.8 Å². The van der Waals surface area contributed by atoms with Crippen LogP contribution in [0.25, 0.3) is 10.2 Å². The van der Waals surface area contributed by atoms with E-state index in [2.05, 4.69) is 10.3 Å². The lowest BCUT2D eigenvalue weighted by molar-refractivity contribution is -0.118. The molecule has 29 heavy (non-hydrogen) atoms. The first kappa shape index (κ1) is 20.7. The SMILES string of the molecule is CCc1cccc(C)c1NC(=O)[C@@H](C)n1cnc2sc(C(=O)OC)c(C)c2c1=O. The van der Waals surface area contributed by atoms with Gasteiger partial charge in [-0.05, 0) is 43.9 Å². The molecule has 0 saturated heterocycles. The van der Waals surface area contributed by atoms with Gasteiger partial charge in [0.2, 0.25) is 5.91 Å². The second kappa shape index (κ2) is 8.16. The minimum absolute atomic E-state index is 0.307. The van der Waals surface area contributed by atoms with Crippen LogP contribution in [-0.4, -0.2) is 28.5 Å². The fraction of sp³-hybridized carbons (Fsp3) is 0.333. The van der Waals surface area contributed by atoms with Crippen LogP contribution in [0.1, 0.15) is 46.3 Å². The number of aryl methyl sites for hydroxylation is 3. The molecule has 2 heterocycles. The number of hydrogen-bond acceptors (Lipinski definition) is 6. The summed E-state index contributed by atoms with van der Waals surface area (Å²) in [6.07, 6.45) is 2.13. The van der Waals surface area contributed by atoms with Crippen LogP contribution < -0.4 is 10.9 Å². The van der Waals surface area contributed by atoms with E-state index in [4.69, 9.17) is 4.74 Å². The van der Waals surface area contributed by atoms with E-state index >= 15 is 0 Å². The molecule has 152 valence electrons. The van der Waals surface area contributed by atoms with Crippen LogP contribution >= 0.6 is 11.3 Å². The van der Waals surface area contributed by atoms with Crippen LogP contribution in [0.3, 0.4) is 0 Å². The Morgan fingerprint density at radius 3 is 2.69 bits per heavy atom. The number of benzene rings is 1. The molecule has 0 aliphatic heterocycles. The topological polar surface area (TPSA) is 90.3 Å². The summed E-state index contributed by atoms with van der Waals surface area (Å²) >= 11 is 1.11. The molecule has 1 atom stereocenters. The maximum absolute atomic E-state index is 13.1. The molecule has 3 rings (SSSR count). The van der Waals surface area contributed by atoms with Crippen molar-refractivity contribution in [1.29, 1.82) is 0 Å². The second-order valence-corrected chi connectivity index (χ2v) is 7.81. The molecule has 0 spiro atoms. The largest absolute Gasteiger partial charge is 0.465 e. The van der Waals surface area contributed by atoms with Crippen LogP contribution in [0.2, 0.25) is 0 Å². The lowest BCUT2D eigenvalue weighted by atomic mass is 10.1. The summed E-state index contributed by atoms with van der Waals surface area (Å²) in [5.74, 6) is -0.813. The molecule has 8 heteroatoms. The first-order chi connectivity index (χ1) is 13.8. The zero-order chi connectivity index (χ0) is 21.3. The first-order valence-electron chi connectivity index (χ1n) is 9.28. The fourth-order valence-electron chi connectivity index (χ4n) is 3.26. The summed E-state index contributed by atoms with van der Waals surface area (Å²) in [6.45, 7) is 7.29. The molecule has 0 unspecified atom stereocenters. The average molecular weight is 413 g/mol. The molecule has 3 aromatic rings. The first-order valence-corrected chi connectivity index (χ1v) is 10.1. The number of carbonyl (C=O) groups excluding carboxylic acids is 2. The lowest BCUT2D eigenvalue weighted by Gasteiger charge is -2.18. The molecule has 0 aliphatic carbocycles. The molecule has 1 aromatic carbocycles. The van der Waals surface area contributed by atoms with Crippen molar-refractivity contribution in [2.45, 2.75) is 40.2 Å². The van der Waals surface area contributed by atoms with Crippen LogP contribution in [-0.2, 0) is 16.0 Å². The summed E-state index contributed by atoms with van der Waals surface area (Å²) in [6, 6.07) is 5.08. The van der Waals surface area contributed by atoms with Crippen molar-refractivity contribution in [3.05, 3.63) is 56.4 Å². The summed E-state index contributed by atoms with van der Waals surface area (Å²) in [5.41, 5.74) is 2.92. The Morgan fingerprint density at radius 2 is 2.03 bits per heavy atom. The molecule has 0 bridgehead atoms. The molecule has 1 amide bonds. The number of nitrogens with zero attached hydrogens (tertiary/aromatic N) is 2. The normalized spacial score (nSPS) is 12.0. The van der Waals surface area contributed by atoms with Crippen LogP contribution in [0, 0.1) is 13.8 Å². The third-order valence-electron chi connectivity index (χ3n) is 5.03. The highest BCUT2D eigenvalue weighted by atomic mass is 32.1. The number of thiophene rings is 1. The number of amides is 1. The van der Waals surface area contributed by atoms with Gasteiger partial charge >= 0.3 is 5.97 Å². The van der Waals surface area contributed by atoms with Gasteiger partial charge in [0.05, 0.1) is 18.8 Å². The predicted octanol–water partition coefficient (Wildman–Crippen LogP) is 3.62. The Bertz CT molecular complexity index is 1160. The summed E-state index contributed by atoms with van der Waals surface area (Å²) in [4.78, 5) is 43.0. The van der Waals surface area contributed by atoms with Crippen molar-refractivity contribution in [3.8, 4) is 0 Å². The molecule has 0 fully saturated rings. The van der Waals surface area contributed by atoms with E-state index in [0.29, 0.717) is 20.7 Å². The number of nitrogens with one attached hydrogen (secondary N) is 1. The highest BCUT2D eigenvalue weighted by Crippen LogP contribution is 2.28. The van der Waals surface area contributed by atoms with E-state index < -0.39 is 12.0 Å². The van der Waals surface area contributed by atoms with Crippen molar-refractivity contribution < 1.29 is 14.3 Å². The van der Waals surface area contributed by atoms with Crippen molar-refractivity contribution in [2.75, 3.05) is 12.4 Å². The second-order valence-electron chi connectivity index (χ2n) is 6.81. The van der Waals surface area contributed by atoms with Gasteiger partial charge in [0.25, 0.3) is 5.56 Å². The average Bonchev–Trinajstić information content (AvgIpc) is 3.05. The van der Waals surface area contributed by atoms with Gasteiger partial charge < -0.3 is 10.1 Å². The molecule has 0 saturated carbocycles. The highest BCUT2D eigenvalue weighted by molar-refractivity contribution is 7.20. The lowest BCUT2D eigenvalue weighted by Crippen LogP contribution is -2.32.